The minimum atomic E-state index is -1.70. The monoisotopic (exact) mass is 338 g/mol. The van der Waals surface area contributed by atoms with Crippen LogP contribution in [0.2, 0.25) is 0 Å². The standard InChI is InChI=1S/C15H10F4N4O/c1-3-4-9-10(16)12(18)14(13(19)11(9)17)23-15(22-7(2)24)8(5-20)6-21-23/h3,6H,1,4H2,2H3,(H,22,24). The lowest BCUT2D eigenvalue weighted by Gasteiger charge is -2.13. The second-order valence-electron chi connectivity index (χ2n) is 4.69. The number of carbonyl (C=O) groups excluding carboxylic acids is 1. The molecule has 1 N–H and O–H groups in total. The molecule has 2 rings (SSSR count). The van der Waals surface area contributed by atoms with E-state index < -0.39 is 52.7 Å². The van der Waals surface area contributed by atoms with Crippen LogP contribution in [0.1, 0.15) is 18.1 Å². The van der Waals surface area contributed by atoms with Crippen molar-refractivity contribution in [3.8, 4) is 11.8 Å². The first-order valence-electron chi connectivity index (χ1n) is 6.55. The molecule has 0 aliphatic heterocycles. The van der Waals surface area contributed by atoms with Crippen LogP contribution >= 0.6 is 0 Å². The number of benzene rings is 1. The molecule has 0 bridgehead atoms. The molecular weight excluding hydrogens is 328 g/mol. The topological polar surface area (TPSA) is 70.7 Å². The highest BCUT2D eigenvalue weighted by Crippen LogP contribution is 2.30. The first kappa shape index (κ1) is 17.2. The number of aromatic nitrogens is 2. The van der Waals surface area contributed by atoms with Gasteiger partial charge in [0.15, 0.2) is 29.1 Å². The second kappa shape index (κ2) is 6.54. The van der Waals surface area contributed by atoms with E-state index in [0.29, 0.717) is 4.68 Å². The summed E-state index contributed by atoms with van der Waals surface area (Å²) in [5.41, 5.74) is -2.24. The Morgan fingerprint density at radius 1 is 1.33 bits per heavy atom. The third-order valence-corrected chi connectivity index (χ3v) is 3.08. The van der Waals surface area contributed by atoms with Crippen molar-refractivity contribution < 1.29 is 22.4 Å². The second-order valence-corrected chi connectivity index (χ2v) is 4.69. The van der Waals surface area contributed by atoms with E-state index in [9.17, 15) is 22.4 Å². The van der Waals surface area contributed by atoms with Crippen LogP contribution in [0.5, 0.6) is 0 Å². The van der Waals surface area contributed by atoms with Crippen LogP contribution in [-0.4, -0.2) is 15.7 Å². The van der Waals surface area contributed by atoms with Crippen LogP contribution in [0.4, 0.5) is 23.4 Å². The molecule has 0 radical (unpaired) electrons. The van der Waals surface area contributed by atoms with Crippen LogP contribution in [0.3, 0.4) is 0 Å². The number of rotatable bonds is 4. The highest BCUT2D eigenvalue weighted by molar-refractivity contribution is 5.89. The van der Waals surface area contributed by atoms with Gasteiger partial charge >= 0.3 is 0 Å². The van der Waals surface area contributed by atoms with E-state index in [1.807, 2.05) is 0 Å². The van der Waals surface area contributed by atoms with Gasteiger partial charge in [-0.15, -0.1) is 6.58 Å². The summed E-state index contributed by atoms with van der Waals surface area (Å²) in [5, 5.41) is 14.6. The van der Waals surface area contributed by atoms with Crippen molar-refractivity contribution >= 4 is 11.7 Å². The molecular formula is C15H10F4N4O. The van der Waals surface area contributed by atoms with Crippen LogP contribution in [0, 0.1) is 34.6 Å². The summed E-state index contributed by atoms with van der Waals surface area (Å²) in [7, 11) is 0. The first-order chi connectivity index (χ1) is 11.3. The zero-order valence-electron chi connectivity index (χ0n) is 12.3. The molecule has 0 atom stereocenters. The largest absolute Gasteiger partial charge is 0.310 e. The molecule has 0 saturated heterocycles. The molecule has 1 amide bonds. The predicted molar refractivity (Wildman–Crippen MR) is 76.3 cm³/mol. The fourth-order valence-corrected chi connectivity index (χ4v) is 2.06. The number of hydrogen-bond donors (Lipinski definition) is 1. The van der Waals surface area contributed by atoms with Gasteiger partial charge in [0.1, 0.15) is 17.3 Å². The summed E-state index contributed by atoms with van der Waals surface area (Å²) in [5.74, 6) is -7.69. The van der Waals surface area contributed by atoms with Crippen LogP contribution in [0.15, 0.2) is 18.9 Å². The molecule has 5 nitrogen and oxygen atoms in total. The number of nitrogens with zero attached hydrogens (tertiary/aromatic N) is 3. The predicted octanol–water partition coefficient (Wildman–Crippen LogP) is 2.99. The molecule has 1 heterocycles. The SMILES string of the molecule is C=CCc1c(F)c(F)c(-n2ncc(C#N)c2NC(C)=O)c(F)c1F. The summed E-state index contributed by atoms with van der Waals surface area (Å²) < 4.78 is 57.0. The quantitative estimate of drug-likeness (QED) is 0.529. The molecule has 0 saturated carbocycles. The van der Waals surface area contributed by atoms with Crippen LogP contribution < -0.4 is 5.32 Å². The third-order valence-electron chi connectivity index (χ3n) is 3.08. The molecule has 2 aromatic rings. The average molecular weight is 338 g/mol. The van der Waals surface area contributed by atoms with Gasteiger partial charge in [0, 0.05) is 12.5 Å². The van der Waals surface area contributed by atoms with Crippen molar-refractivity contribution in [3.63, 3.8) is 0 Å². The number of halogens is 4. The molecule has 0 aliphatic carbocycles. The Morgan fingerprint density at radius 3 is 2.38 bits per heavy atom. The van der Waals surface area contributed by atoms with Crippen molar-refractivity contribution in [1.29, 1.82) is 5.26 Å². The van der Waals surface area contributed by atoms with Gasteiger partial charge in [0.05, 0.1) is 6.20 Å². The maximum atomic E-state index is 14.3. The number of hydrogen-bond acceptors (Lipinski definition) is 3. The van der Waals surface area contributed by atoms with Crippen molar-refractivity contribution in [2.24, 2.45) is 0 Å². The van der Waals surface area contributed by atoms with E-state index in [0.717, 1.165) is 19.2 Å². The van der Waals surface area contributed by atoms with Gasteiger partial charge in [0.25, 0.3) is 0 Å². The number of anilines is 1. The summed E-state index contributed by atoms with van der Waals surface area (Å²) in [4.78, 5) is 11.2. The van der Waals surface area contributed by atoms with Gasteiger partial charge in [-0.05, 0) is 6.42 Å². The molecule has 24 heavy (non-hydrogen) atoms. The first-order valence-corrected chi connectivity index (χ1v) is 6.55. The molecule has 0 aliphatic rings. The Bertz CT molecular complexity index is 854. The van der Waals surface area contributed by atoms with E-state index in [1.54, 1.807) is 6.07 Å². The lowest BCUT2D eigenvalue weighted by atomic mass is 10.1. The number of nitrogens with one attached hydrogen (secondary N) is 1. The Labute approximate surface area is 133 Å². The number of carbonyl (C=O) groups is 1. The number of nitriles is 1. The normalized spacial score (nSPS) is 10.3. The Morgan fingerprint density at radius 2 is 1.92 bits per heavy atom. The third kappa shape index (κ3) is 2.74. The molecule has 1 aromatic heterocycles. The van der Waals surface area contributed by atoms with E-state index >= 15 is 0 Å². The van der Waals surface area contributed by atoms with Crippen LogP contribution in [-0.2, 0) is 11.2 Å². The van der Waals surface area contributed by atoms with Crippen LogP contribution in [0.25, 0.3) is 5.69 Å². The molecule has 124 valence electrons. The Hall–Kier alpha value is -3.15. The average Bonchev–Trinajstić information content (AvgIpc) is 2.92. The lowest BCUT2D eigenvalue weighted by Crippen LogP contribution is -2.16. The van der Waals surface area contributed by atoms with E-state index in [-0.39, 0.29) is 5.56 Å². The van der Waals surface area contributed by atoms with E-state index in [4.69, 9.17) is 5.26 Å². The van der Waals surface area contributed by atoms with Gasteiger partial charge in [-0.25, -0.2) is 22.2 Å². The fourth-order valence-electron chi connectivity index (χ4n) is 2.06. The van der Waals surface area contributed by atoms with Crippen molar-refractivity contribution in [3.05, 3.63) is 53.2 Å². The number of allylic oxidation sites excluding steroid dienone is 1. The molecule has 0 fully saturated rings. The molecule has 9 heteroatoms. The van der Waals surface area contributed by atoms with Gasteiger partial charge in [-0.2, -0.15) is 10.4 Å². The van der Waals surface area contributed by atoms with Gasteiger partial charge in [-0.3, -0.25) is 4.79 Å². The van der Waals surface area contributed by atoms with E-state index in [1.165, 1.54) is 0 Å². The molecule has 0 spiro atoms. The summed E-state index contributed by atoms with van der Waals surface area (Å²) in [6, 6.07) is 1.65. The molecule has 0 unspecified atom stereocenters. The van der Waals surface area contributed by atoms with Crippen molar-refractivity contribution in [1.82, 2.24) is 9.78 Å². The zero-order valence-corrected chi connectivity index (χ0v) is 12.3. The van der Waals surface area contributed by atoms with Crippen molar-refractivity contribution in [2.75, 3.05) is 5.32 Å². The van der Waals surface area contributed by atoms with Gasteiger partial charge < -0.3 is 5.32 Å². The maximum absolute atomic E-state index is 14.3. The Kier molecular flexibility index (Phi) is 4.69. The maximum Gasteiger partial charge on any atom is 0.222 e. The zero-order chi connectivity index (χ0) is 18.0. The van der Waals surface area contributed by atoms with Gasteiger partial charge in [0.2, 0.25) is 5.91 Å². The smallest absolute Gasteiger partial charge is 0.222 e. The summed E-state index contributed by atoms with van der Waals surface area (Å²) in [6.07, 6.45) is 1.56. The van der Waals surface area contributed by atoms with Crippen molar-refractivity contribution in [2.45, 2.75) is 13.3 Å². The Balaban J connectivity index is 2.80. The summed E-state index contributed by atoms with van der Waals surface area (Å²) >= 11 is 0. The summed E-state index contributed by atoms with van der Waals surface area (Å²) in [6.45, 7) is 4.34. The van der Waals surface area contributed by atoms with E-state index in [2.05, 4.69) is 17.0 Å². The minimum Gasteiger partial charge on any atom is -0.310 e. The fraction of sp³-hybridized carbons (Fsp3) is 0.133. The van der Waals surface area contributed by atoms with Gasteiger partial charge in [-0.1, -0.05) is 6.08 Å². The lowest BCUT2D eigenvalue weighted by molar-refractivity contribution is -0.114. The molecule has 1 aromatic carbocycles. The number of amides is 1. The highest BCUT2D eigenvalue weighted by Gasteiger charge is 2.28. The highest BCUT2D eigenvalue weighted by atomic mass is 19.2. The minimum absolute atomic E-state index is 0.236.